The second kappa shape index (κ2) is 6.99. The van der Waals surface area contributed by atoms with Crippen LogP contribution in [0.1, 0.15) is 33.3 Å². The highest BCUT2D eigenvalue weighted by atomic mass is 35.5. The monoisotopic (exact) mass is 309 g/mol. The Morgan fingerprint density at radius 2 is 1.81 bits per heavy atom. The van der Waals surface area contributed by atoms with E-state index in [0.29, 0.717) is 0 Å². The van der Waals surface area contributed by atoms with E-state index in [4.69, 9.17) is 11.6 Å². The van der Waals surface area contributed by atoms with Crippen molar-refractivity contribution < 1.29 is 0 Å². The maximum atomic E-state index is 6.48. The minimum atomic E-state index is 0.256. The molecule has 3 nitrogen and oxygen atoms in total. The lowest BCUT2D eigenvalue weighted by Crippen LogP contribution is -2.53. The Morgan fingerprint density at radius 1 is 1.14 bits per heavy atom. The molecule has 0 atom stereocenters. The minimum absolute atomic E-state index is 0.256. The molecule has 0 spiro atoms. The van der Waals surface area contributed by atoms with Gasteiger partial charge in [-0.25, -0.2) is 0 Å². The Bertz CT molecular complexity index is 460. The van der Waals surface area contributed by atoms with Crippen LogP contribution in [0.25, 0.3) is 0 Å². The molecule has 0 unspecified atom stereocenters. The number of hydrogen-bond donors (Lipinski definition) is 1. The Balaban J connectivity index is 2.00. The summed E-state index contributed by atoms with van der Waals surface area (Å²) in [5.74, 6) is 0. The number of rotatable bonds is 4. The van der Waals surface area contributed by atoms with Gasteiger partial charge in [-0.15, -0.1) is 0 Å². The minimum Gasteiger partial charge on any atom is -0.368 e. The van der Waals surface area contributed by atoms with Crippen molar-refractivity contribution >= 4 is 17.3 Å². The van der Waals surface area contributed by atoms with E-state index in [1.807, 2.05) is 0 Å². The number of benzene rings is 1. The predicted octanol–water partition coefficient (Wildman–Crippen LogP) is 3.37. The summed E-state index contributed by atoms with van der Waals surface area (Å²) in [5, 5.41) is 4.20. The molecule has 1 aromatic rings. The highest BCUT2D eigenvalue weighted by molar-refractivity contribution is 6.33. The Kier molecular flexibility index (Phi) is 5.53. The first-order valence-electron chi connectivity index (χ1n) is 7.91. The first-order chi connectivity index (χ1) is 9.91. The predicted molar refractivity (Wildman–Crippen MR) is 92.4 cm³/mol. The topological polar surface area (TPSA) is 18.5 Å². The van der Waals surface area contributed by atoms with Gasteiger partial charge in [-0.2, -0.15) is 0 Å². The van der Waals surface area contributed by atoms with E-state index >= 15 is 0 Å². The second-order valence-corrected chi connectivity index (χ2v) is 7.12. The Hall–Kier alpha value is -0.770. The van der Waals surface area contributed by atoms with Crippen molar-refractivity contribution in [2.75, 3.05) is 37.6 Å². The van der Waals surface area contributed by atoms with Crippen molar-refractivity contribution in [1.82, 2.24) is 10.2 Å². The van der Waals surface area contributed by atoms with Crippen molar-refractivity contribution in [1.29, 1.82) is 0 Å². The summed E-state index contributed by atoms with van der Waals surface area (Å²) in [5.41, 5.74) is 2.68. The van der Waals surface area contributed by atoms with Gasteiger partial charge >= 0.3 is 0 Å². The van der Waals surface area contributed by atoms with Gasteiger partial charge in [0.15, 0.2) is 0 Å². The fourth-order valence-electron chi connectivity index (χ4n) is 2.80. The van der Waals surface area contributed by atoms with Crippen LogP contribution in [0.5, 0.6) is 0 Å². The van der Waals surface area contributed by atoms with Gasteiger partial charge in [0.2, 0.25) is 0 Å². The van der Waals surface area contributed by atoms with Crippen LogP contribution in [0, 0.1) is 0 Å². The van der Waals surface area contributed by atoms with Gasteiger partial charge < -0.3 is 10.2 Å². The van der Waals surface area contributed by atoms with E-state index in [1.54, 1.807) is 0 Å². The molecule has 1 saturated heterocycles. The van der Waals surface area contributed by atoms with Crippen molar-refractivity contribution in [3.8, 4) is 0 Å². The van der Waals surface area contributed by atoms with E-state index < -0.39 is 0 Å². The Labute approximate surface area is 134 Å². The van der Waals surface area contributed by atoms with Crippen LogP contribution in [0.15, 0.2) is 18.2 Å². The molecule has 0 aliphatic carbocycles. The lowest BCUT2D eigenvalue weighted by molar-refractivity contribution is 0.128. The molecule has 0 amide bonds. The largest absolute Gasteiger partial charge is 0.368 e. The fourth-order valence-corrected chi connectivity index (χ4v) is 3.13. The normalized spacial score (nSPS) is 17.3. The van der Waals surface area contributed by atoms with Gasteiger partial charge in [-0.1, -0.05) is 24.6 Å². The van der Waals surface area contributed by atoms with Crippen LogP contribution in [0.4, 0.5) is 5.69 Å². The molecule has 1 aliphatic rings. The molecule has 21 heavy (non-hydrogen) atoms. The van der Waals surface area contributed by atoms with Gasteiger partial charge in [-0.05, 0) is 45.0 Å². The number of piperazine rings is 1. The van der Waals surface area contributed by atoms with E-state index in [1.165, 1.54) is 11.3 Å². The molecule has 0 bridgehead atoms. The molecule has 1 N–H and O–H groups in total. The summed E-state index contributed by atoms with van der Waals surface area (Å²) in [4.78, 5) is 4.94. The second-order valence-electron chi connectivity index (χ2n) is 6.71. The molecule has 2 rings (SSSR count). The highest BCUT2D eigenvalue weighted by Crippen LogP contribution is 2.28. The van der Waals surface area contributed by atoms with Gasteiger partial charge in [0.05, 0.1) is 10.7 Å². The maximum Gasteiger partial charge on any atom is 0.0642 e. The van der Waals surface area contributed by atoms with Crippen molar-refractivity contribution in [3.05, 3.63) is 28.8 Å². The molecule has 118 valence electrons. The first kappa shape index (κ1) is 16.6. The number of hydrogen-bond acceptors (Lipinski definition) is 3. The Morgan fingerprint density at radius 3 is 2.33 bits per heavy atom. The summed E-state index contributed by atoms with van der Waals surface area (Å²) in [6, 6.07) is 6.44. The zero-order valence-electron chi connectivity index (χ0n) is 13.7. The highest BCUT2D eigenvalue weighted by Gasteiger charge is 2.26. The van der Waals surface area contributed by atoms with Crippen molar-refractivity contribution in [2.45, 2.75) is 39.8 Å². The van der Waals surface area contributed by atoms with Crippen LogP contribution in [-0.2, 0) is 6.54 Å². The molecule has 1 fully saturated rings. The van der Waals surface area contributed by atoms with Gasteiger partial charge in [0.25, 0.3) is 0 Å². The number of nitrogens with zero attached hydrogens (tertiary/aromatic N) is 2. The lowest BCUT2D eigenvalue weighted by Gasteiger charge is -2.43. The van der Waals surface area contributed by atoms with Crippen LogP contribution in [0.3, 0.4) is 0 Å². The molecular formula is C17H28ClN3. The number of halogens is 1. The molecule has 0 radical (unpaired) electrons. The van der Waals surface area contributed by atoms with Gasteiger partial charge in [0, 0.05) is 38.3 Å². The van der Waals surface area contributed by atoms with E-state index in [-0.39, 0.29) is 5.54 Å². The molecule has 1 aliphatic heterocycles. The third-order valence-corrected chi connectivity index (χ3v) is 4.46. The standard InChI is InChI=1S/C17H28ClN3/c1-5-19-13-14-6-7-16(15(18)12-14)20-8-10-21(11-9-20)17(2,3)4/h6-7,12,19H,5,8-11,13H2,1-4H3. The maximum absolute atomic E-state index is 6.48. The molecule has 0 saturated carbocycles. The molecule has 0 aromatic heterocycles. The molecular weight excluding hydrogens is 282 g/mol. The van der Waals surface area contributed by atoms with Crippen LogP contribution in [-0.4, -0.2) is 43.2 Å². The average molecular weight is 310 g/mol. The average Bonchev–Trinajstić information content (AvgIpc) is 2.44. The molecule has 1 heterocycles. The zero-order valence-corrected chi connectivity index (χ0v) is 14.5. The molecule has 1 aromatic carbocycles. The SMILES string of the molecule is CCNCc1ccc(N2CCN(C(C)(C)C)CC2)c(Cl)c1. The van der Waals surface area contributed by atoms with Crippen molar-refractivity contribution in [3.63, 3.8) is 0 Å². The van der Waals surface area contributed by atoms with E-state index in [9.17, 15) is 0 Å². The molecule has 4 heteroatoms. The third-order valence-electron chi connectivity index (χ3n) is 4.16. The smallest absolute Gasteiger partial charge is 0.0642 e. The zero-order chi connectivity index (χ0) is 15.5. The van der Waals surface area contributed by atoms with Crippen LogP contribution < -0.4 is 10.2 Å². The lowest BCUT2D eigenvalue weighted by atomic mass is 10.0. The number of anilines is 1. The quantitative estimate of drug-likeness (QED) is 0.920. The van der Waals surface area contributed by atoms with E-state index in [2.05, 4.69) is 61.0 Å². The summed E-state index contributed by atoms with van der Waals surface area (Å²) < 4.78 is 0. The summed E-state index contributed by atoms with van der Waals surface area (Å²) in [6.45, 7) is 15.1. The van der Waals surface area contributed by atoms with Gasteiger partial charge in [0.1, 0.15) is 0 Å². The number of nitrogens with one attached hydrogen (secondary N) is 1. The summed E-state index contributed by atoms with van der Waals surface area (Å²) >= 11 is 6.48. The van der Waals surface area contributed by atoms with Gasteiger partial charge in [-0.3, -0.25) is 4.90 Å². The van der Waals surface area contributed by atoms with Crippen molar-refractivity contribution in [2.24, 2.45) is 0 Å². The van der Waals surface area contributed by atoms with Crippen LogP contribution >= 0.6 is 11.6 Å². The summed E-state index contributed by atoms with van der Waals surface area (Å²) in [6.07, 6.45) is 0. The van der Waals surface area contributed by atoms with E-state index in [0.717, 1.165) is 44.3 Å². The first-order valence-corrected chi connectivity index (χ1v) is 8.28. The summed E-state index contributed by atoms with van der Waals surface area (Å²) in [7, 11) is 0. The van der Waals surface area contributed by atoms with Crippen LogP contribution in [0.2, 0.25) is 5.02 Å². The fraction of sp³-hybridized carbons (Fsp3) is 0.647. The third kappa shape index (κ3) is 4.35.